The molecule has 0 aliphatic rings. The highest BCUT2D eigenvalue weighted by Crippen LogP contribution is 2.09. The van der Waals surface area contributed by atoms with Crippen LogP contribution in [0.4, 0.5) is 4.79 Å². The number of nitrogens with one attached hydrogen (secondary N) is 1. The van der Waals surface area contributed by atoms with Gasteiger partial charge in [-0.25, -0.2) is 9.59 Å². The Hall–Kier alpha value is -1.30. The van der Waals surface area contributed by atoms with Gasteiger partial charge >= 0.3 is 12.1 Å². The summed E-state index contributed by atoms with van der Waals surface area (Å²) in [5.74, 6) is -0.473. The molecular formula is C13H25NO4Si. The molecule has 0 rings (SSSR count). The Morgan fingerprint density at radius 2 is 1.74 bits per heavy atom. The number of carbonyl (C=O) groups excluding carboxylic acids is 2. The fourth-order valence-corrected chi connectivity index (χ4v) is 2.49. The summed E-state index contributed by atoms with van der Waals surface area (Å²) >= 11 is 0. The minimum atomic E-state index is -1.04. The molecule has 0 aliphatic carbocycles. The van der Waals surface area contributed by atoms with E-state index in [2.05, 4.69) is 31.5 Å². The number of amides is 1. The summed E-state index contributed by atoms with van der Waals surface area (Å²) in [5.41, 5.74) is 0.329. The number of ether oxygens (including phenoxy) is 2. The molecule has 0 bridgehead atoms. The number of hydrogen-bond acceptors (Lipinski definition) is 4. The largest absolute Gasteiger partial charge is 0.459 e. The summed E-state index contributed by atoms with van der Waals surface area (Å²) in [5, 5.41) is 2.67. The Labute approximate surface area is 116 Å². The highest BCUT2D eigenvalue weighted by Gasteiger charge is 2.12. The van der Waals surface area contributed by atoms with E-state index < -0.39 is 20.1 Å². The van der Waals surface area contributed by atoms with Gasteiger partial charge in [0.05, 0.1) is 0 Å². The Bertz CT molecular complexity index is 323. The summed E-state index contributed by atoms with van der Waals surface area (Å²) in [6.07, 6.45) is 0.497. The van der Waals surface area contributed by atoms with E-state index in [1.165, 1.54) is 6.04 Å². The van der Waals surface area contributed by atoms with Crippen LogP contribution in [0.15, 0.2) is 12.2 Å². The minimum absolute atomic E-state index is 0.0496. The molecule has 0 saturated heterocycles. The van der Waals surface area contributed by atoms with Gasteiger partial charge in [0.1, 0.15) is 13.2 Å². The van der Waals surface area contributed by atoms with Crippen LogP contribution >= 0.6 is 0 Å². The molecule has 0 saturated carbocycles. The first-order valence-electron chi connectivity index (χ1n) is 6.45. The summed E-state index contributed by atoms with van der Waals surface area (Å²) in [6, 6.07) is 1.17. The van der Waals surface area contributed by atoms with Crippen molar-refractivity contribution in [3.05, 3.63) is 12.2 Å². The molecular weight excluding hydrogens is 262 g/mol. The molecule has 1 N–H and O–H groups in total. The van der Waals surface area contributed by atoms with Crippen molar-refractivity contribution in [1.82, 2.24) is 5.32 Å². The number of rotatable bonds is 8. The molecule has 0 radical (unpaired) electrons. The molecule has 0 atom stereocenters. The van der Waals surface area contributed by atoms with Crippen LogP contribution in [0.2, 0.25) is 25.7 Å². The van der Waals surface area contributed by atoms with Gasteiger partial charge in [0.2, 0.25) is 0 Å². The van der Waals surface area contributed by atoms with Crippen LogP contribution in [0.3, 0.4) is 0 Å². The van der Waals surface area contributed by atoms with Gasteiger partial charge in [-0.05, 0) is 13.3 Å². The Kier molecular flexibility index (Phi) is 8.14. The van der Waals surface area contributed by atoms with E-state index in [-0.39, 0.29) is 13.2 Å². The summed E-state index contributed by atoms with van der Waals surface area (Å²) < 4.78 is 9.65. The topological polar surface area (TPSA) is 64.6 Å². The molecule has 0 fully saturated rings. The zero-order chi connectivity index (χ0) is 14.9. The Balaban J connectivity index is 3.50. The predicted octanol–water partition coefficient (Wildman–Crippen LogP) is 2.56. The second-order valence-corrected chi connectivity index (χ2v) is 11.3. The van der Waals surface area contributed by atoms with E-state index in [1.807, 2.05) is 0 Å². The van der Waals surface area contributed by atoms with Gasteiger partial charge < -0.3 is 14.8 Å². The second kappa shape index (κ2) is 8.74. The normalized spacial score (nSPS) is 10.7. The van der Waals surface area contributed by atoms with Crippen molar-refractivity contribution in [3.63, 3.8) is 0 Å². The Morgan fingerprint density at radius 1 is 1.16 bits per heavy atom. The van der Waals surface area contributed by atoms with E-state index in [9.17, 15) is 9.59 Å². The highest BCUT2D eigenvalue weighted by molar-refractivity contribution is 6.76. The first kappa shape index (κ1) is 17.7. The van der Waals surface area contributed by atoms with Crippen molar-refractivity contribution in [2.24, 2.45) is 0 Å². The van der Waals surface area contributed by atoms with Crippen molar-refractivity contribution in [2.45, 2.75) is 39.0 Å². The monoisotopic (exact) mass is 287 g/mol. The zero-order valence-corrected chi connectivity index (χ0v) is 13.4. The molecule has 6 heteroatoms. The maximum Gasteiger partial charge on any atom is 0.407 e. The van der Waals surface area contributed by atoms with Gasteiger partial charge in [0.25, 0.3) is 0 Å². The van der Waals surface area contributed by atoms with Crippen molar-refractivity contribution in [1.29, 1.82) is 0 Å². The van der Waals surface area contributed by atoms with E-state index in [1.54, 1.807) is 6.92 Å². The van der Waals surface area contributed by atoms with E-state index in [0.29, 0.717) is 12.1 Å². The molecule has 1 amide bonds. The van der Waals surface area contributed by atoms with E-state index >= 15 is 0 Å². The van der Waals surface area contributed by atoms with Crippen LogP contribution in [-0.4, -0.2) is 39.9 Å². The van der Waals surface area contributed by atoms with Crippen LogP contribution in [-0.2, 0) is 14.3 Å². The lowest BCUT2D eigenvalue weighted by atomic mass is 10.4. The van der Waals surface area contributed by atoms with Gasteiger partial charge in [0, 0.05) is 20.2 Å². The lowest BCUT2D eigenvalue weighted by molar-refractivity contribution is -0.139. The average molecular weight is 287 g/mol. The minimum Gasteiger partial charge on any atom is -0.459 e. The second-order valence-electron chi connectivity index (χ2n) is 5.64. The number of esters is 1. The Morgan fingerprint density at radius 3 is 2.26 bits per heavy atom. The fourth-order valence-electron chi connectivity index (χ4n) is 1.25. The molecule has 5 nitrogen and oxygen atoms in total. The quantitative estimate of drug-likeness (QED) is 0.322. The number of hydrogen-bond donors (Lipinski definition) is 1. The molecule has 0 aliphatic heterocycles. The van der Waals surface area contributed by atoms with Gasteiger partial charge in [-0.15, -0.1) is 0 Å². The van der Waals surface area contributed by atoms with Gasteiger partial charge in [0.15, 0.2) is 0 Å². The SMILES string of the molecule is C=C(C)C(=O)OCCOC(=O)NCCC[Si](C)(C)C. The third-order valence-electron chi connectivity index (χ3n) is 2.27. The standard InChI is InChI=1S/C13H25NO4Si/c1-11(2)12(15)17-8-9-18-13(16)14-7-6-10-19(3,4)5/h1,6-10H2,2-5H3,(H,14,16). The maximum absolute atomic E-state index is 11.3. The van der Waals surface area contributed by atoms with E-state index in [0.717, 1.165) is 6.42 Å². The van der Waals surface area contributed by atoms with Crippen LogP contribution in [0.5, 0.6) is 0 Å². The third kappa shape index (κ3) is 11.5. The van der Waals surface area contributed by atoms with Gasteiger partial charge in [-0.2, -0.15) is 0 Å². The van der Waals surface area contributed by atoms with Crippen molar-refractivity contribution < 1.29 is 19.1 Å². The highest BCUT2D eigenvalue weighted by atomic mass is 28.3. The average Bonchev–Trinajstić information content (AvgIpc) is 2.28. The molecule has 0 aromatic heterocycles. The lowest BCUT2D eigenvalue weighted by Gasteiger charge is -2.15. The molecule has 0 spiro atoms. The summed E-state index contributed by atoms with van der Waals surface area (Å²) in [7, 11) is -1.04. The zero-order valence-electron chi connectivity index (χ0n) is 12.4. The summed E-state index contributed by atoms with van der Waals surface area (Å²) in [4.78, 5) is 22.3. The fraction of sp³-hybridized carbons (Fsp3) is 0.692. The molecule has 0 heterocycles. The third-order valence-corrected chi connectivity index (χ3v) is 4.12. The van der Waals surface area contributed by atoms with Crippen molar-refractivity contribution in [2.75, 3.05) is 19.8 Å². The molecule has 0 aromatic rings. The van der Waals surface area contributed by atoms with Gasteiger partial charge in [-0.3, -0.25) is 0 Å². The first-order valence-corrected chi connectivity index (χ1v) is 10.2. The molecule has 19 heavy (non-hydrogen) atoms. The predicted molar refractivity (Wildman–Crippen MR) is 77.9 cm³/mol. The van der Waals surface area contributed by atoms with Crippen LogP contribution in [0.25, 0.3) is 0 Å². The van der Waals surface area contributed by atoms with E-state index in [4.69, 9.17) is 9.47 Å². The molecule has 0 unspecified atom stereocenters. The van der Waals surface area contributed by atoms with Crippen molar-refractivity contribution in [3.8, 4) is 0 Å². The van der Waals surface area contributed by atoms with Crippen LogP contribution in [0.1, 0.15) is 13.3 Å². The number of alkyl carbamates (subject to hydrolysis) is 1. The first-order chi connectivity index (χ1) is 8.72. The van der Waals surface area contributed by atoms with Gasteiger partial charge in [-0.1, -0.05) is 32.3 Å². The lowest BCUT2D eigenvalue weighted by Crippen LogP contribution is -2.28. The van der Waals surface area contributed by atoms with Crippen LogP contribution in [0, 0.1) is 0 Å². The molecule has 110 valence electrons. The maximum atomic E-state index is 11.3. The smallest absolute Gasteiger partial charge is 0.407 e. The summed E-state index contributed by atoms with van der Waals surface area (Å²) in [6.45, 7) is 12.6. The van der Waals surface area contributed by atoms with Crippen LogP contribution < -0.4 is 5.32 Å². The van der Waals surface area contributed by atoms with Crippen molar-refractivity contribution >= 4 is 20.1 Å². The number of carbonyl (C=O) groups is 2. The molecule has 0 aromatic carbocycles.